The van der Waals surface area contributed by atoms with E-state index in [1.54, 1.807) is 4.90 Å². The number of carbonyl (C=O) groups is 2. The number of amides is 2. The third kappa shape index (κ3) is 7.82. The van der Waals surface area contributed by atoms with Crippen molar-refractivity contribution >= 4 is 36.2 Å². The lowest BCUT2D eigenvalue weighted by atomic mass is 9.83. The summed E-state index contributed by atoms with van der Waals surface area (Å²) in [5.74, 6) is -0.863. The summed E-state index contributed by atoms with van der Waals surface area (Å²) in [5.41, 5.74) is 2.97. The third-order valence-electron chi connectivity index (χ3n) is 10.7. The van der Waals surface area contributed by atoms with E-state index >= 15 is 0 Å². The van der Waals surface area contributed by atoms with Crippen molar-refractivity contribution in [3.8, 4) is 5.75 Å². The Labute approximate surface area is 307 Å². The first-order valence-corrected chi connectivity index (χ1v) is 20.4. The number of benzene rings is 3. The van der Waals surface area contributed by atoms with E-state index in [4.69, 9.17) is 14.9 Å². The molecule has 2 N–H and O–H groups in total. The van der Waals surface area contributed by atoms with E-state index in [9.17, 15) is 22.8 Å². The number of nitrogens with two attached hydrogens (primary N) is 1. The maximum atomic E-state index is 14.6. The number of fused-ring (bicyclic) bond motifs is 1. The summed E-state index contributed by atoms with van der Waals surface area (Å²) in [4.78, 5) is 30.4. The van der Waals surface area contributed by atoms with Crippen LogP contribution in [0.25, 0.3) is 0 Å². The van der Waals surface area contributed by atoms with Crippen molar-refractivity contribution in [1.29, 1.82) is 0 Å². The third-order valence-corrected chi connectivity index (χ3v) is 15.7. The quantitative estimate of drug-likeness (QED) is 0.206. The van der Waals surface area contributed by atoms with E-state index in [1.165, 1.54) is 35.2 Å². The van der Waals surface area contributed by atoms with Crippen LogP contribution in [0.4, 0.5) is 18.9 Å². The summed E-state index contributed by atoms with van der Waals surface area (Å²) in [6.45, 7) is 14.2. The van der Waals surface area contributed by atoms with Crippen LogP contribution in [0.15, 0.2) is 72.8 Å². The van der Waals surface area contributed by atoms with Gasteiger partial charge >= 0.3 is 6.18 Å². The standard InChI is InChI=1S/C41H54F3N3O4Si/c1-28(2)47(37(48)33-26-35-36(27-34(33)41(42,43)44)51-40(6,7)38(49)46(35)24-23-45)30-20-18-29(19-21-30)22-25-50-52(39(3,4)5,31-14-10-8-11-15-31)32-16-12-9-13-17-32/h8-17,26-30H,18-25,45H2,1-7H3/t29-,30+. The number of nitrogens with zero attached hydrogens (tertiary/aromatic N) is 2. The summed E-state index contributed by atoms with van der Waals surface area (Å²) >= 11 is 0. The molecule has 1 aliphatic heterocycles. The lowest BCUT2D eigenvalue weighted by Gasteiger charge is -2.44. The first-order chi connectivity index (χ1) is 24.4. The topological polar surface area (TPSA) is 85.1 Å². The van der Waals surface area contributed by atoms with Crippen LogP contribution in [0.5, 0.6) is 5.75 Å². The second-order valence-electron chi connectivity index (χ2n) is 16.0. The van der Waals surface area contributed by atoms with E-state index in [0.29, 0.717) is 25.4 Å². The summed E-state index contributed by atoms with van der Waals surface area (Å²) < 4.78 is 56.7. The molecule has 1 heterocycles. The number of hydrogen-bond donors (Lipinski definition) is 1. The molecule has 5 rings (SSSR count). The molecule has 0 aromatic heterocycles. The molecule has 3 aromatic rings. The smallest absolute Gasteiger partial charge is 0.417 e. The van der Waals surface area contributed by atoms with Crippen LogP contribution in [-0.2, 0) is 15.4 Å². The first kappa shape index (κ1) is 39.5. The van der Waals surface area contributed by atoms with Gasteiger partial charge in [0.1, 0.15) is 5.75 Å². The van der Waals surface area contributed by atoms with E-state index in [0.717, 1.165) is 25.3 Å². The molecule has 0 unspecified atom stereocenters. The normalized spacial score (nSPS) is 19.3. The molecule has 3 aromatic carbocycles. The van der Waals surface area contributed by atoms with Gasteiger partial charge < -0.3 is 24.7 Å². The number of alkyl halides is 3. The van der Waals surface area contributed by atoms with Crippen LogP contribution in [0, 0.1) is 5.92 Å². The van der Waals surface area contributed by atoms with Crippen molar-refractivity contribution in [2.75, 3.05) is 24.6 Å². The number of anilines is 1. The zero-order chi connectivity index (χ0) is 38.1. The van der Waals surface area contributed by atoms with Crippen molar-refractivity contribution in [2.24, 2.45) is 11.7 Å². The van der Waals surface area contributed by atoms with Crippen LogP contribution >= 0.6 is 0 Å². The number of carbonyl (C=O) groups excluding carboxylic acids is 2. The molecule has 0 radical (unpaired) electrons. The number of halogens is 3. The minimum Gasteiger partial charge on any atom is -0.476 e. The van der Waals surface area contributed by atoms with Crippen molar-refractivity contribution in [2.45, 2.75) is 109 Å². The molecule has 1 fully saturated rings. The highest BCUT2D eigenvalue weighted by molar-refractivity contribution is 6.99. The summed E-state index contributed by atoms with van der Waals surface area (Å²) in [6.07, 6.45) is -0.937. The molecule has 52 heavy (non-hydrogen) atoms. The van der Waals surface area contributed by atoms with Gasteiger partial charge in [0.2, 0.25) is 0 Å². The summed E-state index contributed by atoms with van der Waals surface area (Å²) in [6, 6.07) is 22.5. The Morgan fingerprint density at radius 3 is 2.02 bits per heavy atom. The second kappa shape index (κ2) is 15.4. The van der Waals surface area contributed by atoms with Gasteiger partial charge in [-0.2, -0.15) is 13.2 Å². The van der Waals surface area contributed by atoms with Gasteiger partial charge in [0.05, 0.1) is 16.8 Å². The van der Waals surface area contributed by atoms with Crippen LogP contribution in [0.2, 0.25) is 5.04 Å². The number of ether oxygens (including phenoxy) is 1. The predicted molar refractivity (Wildman–Crippen MR) is 203 cm³/mol. The molecule has 0 bridgehead atoms. The average molecular weight is 738 g/mol. The van der Waals surface area contributed by atoms with Gasteiger partial charge in [-0.1, -0.05) is 81.4 Å². The van der Waals surface area contributed by atoms with E-state index in [1.807, 2.05) is 26.0 Å². The minimum absolute atomic E-state index is 0.0787. The fourth-order valence-corrected chi connectivity index (χ4v) is 12.8. The number of rotatable bonds is 11. The SMILES string of the molecule is CC(C)N(C(=O)c1cc2c(cc1C(F)(F)F)OC(C)(C)C(=O)N2CCN)[C@H]1CC[C@@H](CCO[Si](c2ccccc2)(c2ccccc2)C(C)(C)C)CC1. The van der Waals surface area contributed by atoms with Gasteiger partial charge in [0.25, 0.3) is 20.1 Å². The molecule has 282 valence electrons. The maximum absolute atomic E-state index is 14.6. The molecule has 7 nitrogen and oxygen atoms in total. The summed E-state index contributed by atoms with van der Waals surface area (Å²) in [7, 11) is -2.67. The van der Waals surface area contributed by atoms with Gasteiger partial charge in [0, 0.05) is 31.8 Å². The van der Waals surface area contributed by atoms with E-state index in [-0.39, 0.29) is 41.6 Å². The molecular weight excluding hydrogens is 684 g/mol. The fraction of sp³-hybridized carbons (Fsp3) is 0.512. The van der Waals surface area contributed by atoms with Crippen LogP contribution in [0.1, 0.15) is 96.5 Å². The Bertz CT molecular complexity index is 1660. The van der Waals surface area contributed by atoms with E-state index in [2.05, 4.69) is 69.3 Å². The minimum atomic E-state index is -4.82. The monoisotopic (exact) mass is 737 g/mol. The fourth-order valence-electron chi connectivity index (χ4n) is 8.19. The predicted octanol–water partition coefficient (Wildman–Crippen LogP) is 7.54. The lowest BCUT2D eigenvalue weighted by Crippen LogP contribution is -2.66. The molecule has 1 aliphatic carbocycles. The Balaban J connectivity index is 1.35. The van der Waals surface area contributed by atoms with Crippen LogP contribution < -0.4 is 25.7 Å². The highest BCUT2D eigenvalue weighted by atomic mass is 28.4. The molecule has 2 aliphatic rings. The van der Waals surface area contributed by atoms with Gasteiger partial charge in [-0.25, -0.2) is 0 Å². The van der Waals surface area contributed by atoms with Gasteiger partial charge in [-0.05, 0) is 93.3 Å². The van der Waals surface area contributed by atoms with Crippen LogP contribution in [-0.4, -0.2) is 62.4 Å². The number of hydrogen-bond acceptors (Lipinski definition) is 5. The Hall–Kier alpha value is -3.67. The molecular formula is C41H54F3N3O4Si. The van der Waals surface area contributed by atoms with E-state index < -0.39 is 43.0 Å². The second-order valence-corrected chi connectivity index (χ2v) is 20.3. The van der Waals surface area contributed by atoms with Crippen molar-refractivity contribution in [1.82, 2.24) is 4.90 Å². The highest BCUT2D eigenvalue weighted by Crippen LogP contribution is 2.45. The molecule has 1 saturated carbocycles. The lowest BCUT2D eigenvalue weighted by molar-refractivity contribution is -0.138. The molecule has 2 amide bonds. The Morgan fingerprint density at radius 2 is 1.54 bits per heavy atom. The zero-order valence-electron chi connectivity index (χ0n) is 31.6. The maximum Gasteiger partial charge on any atom is 0.417 e. The highest BCUT2D eigenvalue weighted by Gasteiger charge is 2.50. The molecule has 11 heteroatoms. The van der Waals surface area contributed by atoms with Crippen molar-refractivity contribution in [3.05, 3.63) is 83.9 Å². The van der Waals surface area contributed by atoms with Crippen molar-refractivity contribution in [3.63, 3.8) is 0 Å². The first-order valence-electron chi connectivity index (χ1n) is 18.5. The van der Waals surface area contributed by atoms with Crippen LogP contribution in [0.3, 0.4) is 0 Å². The van der Waals surface area contributed by atoms with Gasteiger partial charge in [0.15, 0.2) is 5.60 Å². The molecule has 0 atom stereocenters. The average Bonchev–Trinajstić information content (AvgIpc) is 3.08. The zero-order valence-corrected chi connectivity index (χ0v) is 32.6. The van der Waals surface area contributed by atoms with Gasteiger partial charge in [-0.3, -0.25) is 9.59 Å². The Kier molecular flexibility index (Phi) is 11.7. The molecule has 0 spiro atoms. The molecule has 0 saturated heterocycles. The summed E-state index contributed by atoms with van der Waals surface area (Å²) in [5, 5.41) is 2.33. The largest absolute Gasteiger partial charge is 0.476 e. The Morgan fingerprint density at radius 1 is 0.981 bits per heavy atom. The van der Waals surface area contributed by atoms with Gasteiger partial charge in [-0.15, -0.1) is 0 Å². The van der Waals surface area contributed by atoms with Crippen molar-refractivity contribution < 1.29 is 31.9 Å².